The van der Waals surface area contributed by atoms with E-state index in [4.69, 9.17) is 4.74 Å². The number of para-hydroxylation sites is 1. The fourth-order valence-corrected chi connectivity index (χ4v) is 2.69. The monoisotopic (exact) mass is 350 g/mol. The van der Waals surface area contributed by atoms with Gasteiger partial charge in [0.1, 0.15) is 11.4 Å². The van der Waals surface area contributed by atoms with Crippen LogP contribution in [0.1, 0.15) is 30.3 Å². The third-order valence-corrected chi connectivity index (χ3v) is 3.91. The molecule has 0 saturated carbocycles. The van der Waals surface area contributed by atoms with Gasteiger partial charge in [0.25, 0.3) is 0 Å². The Balaban J connectivity index is 1.92. The Morgan fingerprint density at radius 2 is 1.88 bits per heavy atom. The molecule has 1 N–H and O–H groups in total. The van der Waals surface area contributed by atoms with Crippen molar-refractivity contribution < 1.29 is 19.4 Å². The first-order valence-electron chi connectivity index (χ1n) is 8.33. The van der Waals surface area contributed by atoms with E-state index in [-0.39, 0.29) is 30.9 Å². The molecule has 2 aromatic heterocycles. The van der Waals surface area contributed by atoms with Crippen molar-refractivity contribution in [1.29, 1.82) is 0 Å². The van der Waals surface area contributed by atoms with Crippen LogP contribution in [-0.2, 0) is 9.53 Å². The molecule has 0 amide bonds. The van der Waals surface area contributed by atoms with Crippen LogP contribution in [-0.4, -0.2) is 33.4 Å². The van der Waals surface area contributed by atoms with Crippen LogP contribution in [0.3, 0.4) is 0 Å². The van der Waals surface area contributed by atoms with Crippen molar-refractivity contribution in [1.82, 2.24) is 9.97 Å². The average Bonchev–Trinajstić information content (AvgIpc) is 2.66. The molecule has 0 fully saturated rings. The summed E-state index contributed by atoms with van der Waals surface area (Å²) in [7, 11) is 0. The summed E-state index contributed by atoms with van der Waals surface area (Å²) in [5.74, 6) is -1.07. The fraction of sp³-hybridized carbons (Fsp3) is 0.200. The molecule has 0 spiro atoms. The molecule has 0 aliphatic carbocycles. The van der Waals surface area contributed by atoms with E-state index in [0.717, 1.165) is 16.5 Å². The lowest BCUT2D eigenvalue weighted by Crippen LogP contribution is -2.09. The lowest BCUT2D eigenvalue weighted by Gasteiger charge is -2.08. The second-order valence-corrected chi connectivity index (χ2v) is 5.67. The summed E-state index contributed by atoms with van der Waals surface area (Å²) in [5.41, 5.74) is 2.01. The number of ketones is 1. The maximum atomic E-state index is 12.4. The highest BCUT2D eigenvalue weighted by Gasteiger charge is 2.17. The molecule has 0 atom stereocenters. The molecule has 0 aliphatic heterocycles. The van der Waals surface area contributed by atoms with Crippen LogP contribution >= 0.6 is 0 Å². The number of pyridine rings is 2. The Labute approximate surface area is 150 Å². The van der Waals surface area contributed by atoms with Gasteiger partial charge in [0.2, 0.25) is 0 Å². The Bertz CT molecular complexity index is 964. The number of aromatic hydroxyl groups is 1. The van der Waals surface area contributed by atoms with Crippen molar-refractivity contribution in [2.24, 2.45) is 0 Å². The van der Waals surface area contributed by atoms with Crippen LogP contribution in [0.25, 0.3) is 22.2 Å². The minimum Gasteiger partial charge on any atom is -0.506 e. The number of rotatable bonds is 6. The second kappa shape index (κ2) is 7.74. The number of benzene rings is 1. The van der Waals surface area contributed by atoms with Gasteiger partial charge in [0, 0.05) is 23.6 Å². The van der Waals surface area contributed by atoms with Crippen LogP contribution in [0.2, 0.25) is 0 Å². The maximum absolute atomic E-state index is 12.4. The molecule has 3 rings (SSSR count). The van der Waals surface area contributed by atoms with Crippen LogP contribution < -0.4 is 0 Å². The van der Waals surface area contributed by atoms with Gasteiger partial charge in [-0.2, -0.15) is 0 Å². The number of aromatic nitrogens is 2. The number of hydrogen-bond donors (Lipinski definition) is 1. The average molecular weight is 350 g/mol. The van der Waals surface area contributed by atoms with Gasteiger partial charge in [-0.1, -0.05) is 24.3 Å². The van der Waals surface area contributed by atoms with Crippen LogP contribution in [0.4, 0.5) is 0 Å². The second-order valence-electron chi connectivity index (χ2n) is 5.67. The normalized spacial score (nSPS) is 10.7. The number of nitrogens with zero attached hydrogens (tertiary/aromatic N) is 2. The molecular formula is C20H18N2O4. The topological polar surface area (TPSA) is 89.4 Å². The summed E-state index contributed by atoms with van der Waals surface area (Å²) >= 11 is 0. The van der Waals surface area contributed by atoms with Gasteiger partial charge in [0.05, 0.1) is 24.2 Å². The molecule has 0 aliphatic rings. The summed E-state index contributed by atoms with van der Waals surface area (Å²) in [5, 5.41) is 11.0. The Hall–Kier alpha value is -3.28. The first-order chi connectivity index (χ1) is 12.6. The van der Waals surface area contributed by atoms with Crippen molar-refractivity contribution in [3.8, 4) is 17.0 Å². The smallest absolute Gasteiger partial charge is 0.306 e. The SMILES string of the molecule is CCOC(=O)CCC(=O)c1nc(-c2cccc3cccnc23)ccc1O. The van der Waals surface area contributed by atoms with Crippen molar-refractivity contribution in [3.05, 3.63) is 54.4 Å². The lowest BCUT2D eigenvalue weighted by atomic mass is 10.0. The number of carbonyl (C=O) groups excluding carboxylic acids is 2. The zero-order chi connectivity index (χ0) is 18.5. The summed E-state index contributed by atoms with van der Waals surface area (Å²) < 4.78 is 4.82. The quantitative estimate of drug-likeness (QED) is 0.540. The Kier molecular flexibility index (Phi) is 5.22. The number of fused-ring (bicyclic) bond motifs is 1. The zero-order valence-electron chi connectivity index (χ0n) is 14.3. The summed E-state index contributed by atoms with van der Waals surface area (Å²) in [4.78, 5) is 32.5. The van der Waals surface area contributed by atoms with E-state index in [1.54, 1.807) is 19.2 Å². The van der Waals surface area contributed by atoms with E-state index in [1.165, 1.54) is 6.07 Å². The maximum Gasteiger partial charge on any atom is 0.306 e. The van der Waals surface area contributed by atoms with E-state index in [0.29, 0.717) is 5.69 Å². The number of Topliss-reactive ketones (excluding diaryl/α,β-unsaturated/α-hetero) is 1. The van der Waals surface area contributed by atoms with Crippen LogP contribution in [0.5, 0.6) is 5.75 Å². The standard InChI is InChI=1S/C20H18N2O4/c1-2-26-18(25)11-10-17(24)20-16(23)9-8-15(22-20)14-7-3-5-13-6-4-12-21-19(13)14/h3-9,12,23H,2,10-11H2,1H3. The summed E-state index contributed by atoms with van der Waals surface area (Å²) in [6, 6.07) is 12.6. The molecule has 1 aromatic carbocycles. The van der Waals surface area contributed by atoms with E-state index in [2.05, 4.69) is 9.97 Å². The predicted octanol–water partition coefficient (Wildman–Crippen LogP) is 3.53. The number of esters is 1. The van der Waals surface area contributed by atoms with Gasteiger partial charge >= 0.3 is 5.97 Å². The molecule has 6 heteroatoms. The van der Waals surface area contributed by atoms with Crippen molar-refractivity contribution in [2.75, 3.05) is 6.61 Å². The third-order valence-electron chi connectivity index (χ3n) is 3.91. The third kappa shape index (κ3) is 3.69. The first-order valence-corrected chi connectivity index (χ1v) is 8.33. The highest BCUT2D eigenvalue weighted by Crippen LogP contribution is 2.28. The van der Waals surface area contributed by atoms with Crippen molar-refractivity contribution in [2.45, 2.75) is 19.8 Å². The van der Waals surface area contributed by atoms with Gasteiger partial charge < -0.3 is 9.84 Å². The van der Waals surface area contributed by atoms with Gasteiger partial charge in [-0.25, -0.2) is 4.98 Å². The van der Waals surface area contributed by atoms with Crippen molar-refractivity contribution >= 4 is 22.7 Å². The molecule has 2 heterocycles. The molecule has 3 aromatic rings. The van der Waals surface area contributed by atoms with E-state index >= 15 is 0 Å². The highest BCUT2D eigenvalue weighted by atomic mass is 16.5. The number of carbonyl (C=O) groups is 2. The molecule has 0 unspecified atom stereocenters. The molecule has 26 heavy (non-hydrogen) atoms. The minimum absolute atomic E-state index is 0.0478. The molecule has 0 saturated heterocycles. The van der Waals surface area contributed by atoms with Gasteiger partial charge in [0.15, 0.2) is 5.78 Å². The largest absolute Gasteiger partial charge is 0.506 e. The van der Waals surface area contributed by atoms with E-state index < -0.39 is 11.8 Å². The van der Waals surface area contributed by atoms with Crippen LogP contribution in [0, 0.1) is 0 Å². The molecule has 0 bridgehead atoms. The van der Waals surface area contributed by atoms with E-state index in [9.17, 15) is 14.7 Å². The molecular weight excluding hydrogens is 332 g/mol. The van der Waals surface area contributed by atoms with Gasteiger partial charge in [-0.3, -0.25) is 14.6 Å². The lowest BCUT2D eigenvalue weighted by molar-refractivity contribution is -0.143. The predicted molar refractivity (Wildman–Crippen MR) is 96.8 cm³/mol. The first kappa shape index (κ1) is 17.5. The number of ether oxygens (including phenoxy) is 1. The Morgan fingerprint density at radius 1 is 1.08 bits per heavy atom. The van der Waals surface area contributed by atoms with Gasteiger partial charge in [-0.05, 0) is 25.1 Å². The Morgan fingerprint density at radius 3 is 2.69 bits per heavy atom. The molecule has 132 valence electrons. The van der Waals surface area contributed by atoms with Crippen molar-refractivity contribution in [3.63, 3.8) is 0 Å². The minimum atomic E-state index is -0.449. The zero-order valence-corrected chi connectivity index (χ0v) is 14.3. The highest BCUT2D eigenvalue weighted by molar-refractivity contribution is 5.99. The van der Waals surface area contributed by atoms with Gasteiger partial charge in [-0.15, -0.1) is 0 Å². The summed E-state index contributed by atoms with van der Waals surface area (Å²) in [6.07, 6.45) is 1.57. The molecule has 0 radical (unpaired) electrons. The number of hydrogen-bond acceptors (Lipinski definition) is 6. The molecule has 6 nitrogen and oxygen atoms in total. The summed E-state index contributed by atoms with van der Waals surface area (Å²) in [6.45, 7) is 1.97. The fourth-order valence-electron chi connectivity index (χ4n) is 2.69. The van der Waals surface area contributed by atoms with E-state index in [1.807, 2.05) is 30.3 Å². The van der Waals surface area contributed by atoms with Crippen LogP contribution in [0.15, 0.2) is 48.7 Å².